The molecular formula is C18H15BrN2O3S. The first-order chi connectivity index (χ1) is 12.1. The van der Waals surface area contributed by atoms with Crippen LogP contribution in [0.1, 0.15) is 12.5 Å². The molecule has 2 aromatic carbocycles. The molecule has 0 bridgehead atoms. The summed E-state index contributed by atoms with van der Waals surface area (Å²) in [6, 6.07) is 12.5. The molecule has 1 aliphatic rings. The fraction of sp³-hybridized carbons (Fsp3) is 0.111. The van der Waals surface area contributed by atoms with Gasteiger partial charge in [0.15, 0.2) is 16.7 Å². The molecule has 2 aromatic rings. The van der Waals surface area contributed by atoms with Crippen LogP contribution in [0.25, 0.3) is 6.08 Å². The van der Waals surface area contributed by atoms with Gasteiger partial charge in [-0.3, -0.25) is 4.79 Å². The Kier molecular flexibility index (Phi) is 5.45. The number of aliphatic imine (C=N–C) groups is 1. The van der Waals surface area contributed by atoms with Gasteiger partial charge in [0.2, 0.25) is 0 Å². The monoisotopic (exact) mass is 418 g/mol. The Labute approximate surface area is 157 Å². The summed E-state index contributed by atoms with van der Waals surface area (Å²) in [6.45, 7) is 2.29. The first kappa shape index (κ1) is 17.6. The number of benzene rings is 2. The number of carbonyl (C=O) groups excluding carboxylic acids is 1. The Morgan fingerprint density at radius 1 is 1.32 bits per heavy atom. The molecule has 1 heterocycles. The molecule has 7 heteroatoms. The summed E-state index contributed by atoms with van der Waals surface area (Å²) >= 11 is 4.70. The number of nitrogens with zero attached hydrogens (tertiary/aromatic N) is 1. The largest absolute Gasteiger partial charge is 0.504 e. The highest BCUT2D eigenvalue weighted by molar-refractivity contribution is 9.10. The molecule has 1 aliphatic heterocycles. The predicted molar refractivity (Wildman–Crippen MR) is 104 cm³/mol. The van der Waals surface area contributed by atoms with Crippen LogP contribution in [0.15, 0.2) is 56.8 Å². The molecule has 0 spiro atoms. The van der Waals surface area contributed by atoms with E-state index >= 15 is 0 Å². The molecule has 128 valence electrons. The zero-order valence-electron chi connectivity index (χ0n) is 13.3. The third-order valence-corrected chi connectivity index (χ3v) is 4.89. The maximum atomic E-state index is 12.2. The van der Waals surface area contributed by atoms with Crippen LogP contribution in [-0.2, 0) is 4.79 Å². The maximum absolute atomic E-state index is 12.2. The van der Waals surface area contributed by atoms with Crippen molar-refractivity contribution in [3.8, 4) is 11.5 Å². The van der Waals surface area contributed by atoms with Crippen molar-refractivity contribution in [3.63, 3.8) is 0 Å². The maximum Gasteiger partial charge on any atom is 0.264 e. The normalized spacial score (nSPS) is 17.1. The van der Waals surface area contributed by atoms with Gasteiger partial charge >= 0.3 is 0 Å². The second kappa shape index (κ2) is 7.76. The van der Waals surface area contributed by atoms with Crippen LogP contribution >= 0.6 is 27.7 Å². The smallest absolute Gasteiger partial charge is 0.264 e. The fourth-order valence-electron chi connectivity index (χ4n) is 2.18. The van der Waals surface area contributed by atoms with Crippen LogP contribution in [0.4, 0.5) is 5.69 Å². The van der Waals surface area contributed by atoms with E-state index in [4.69, 9.17) is 4.74 Å². The Hall–Kier alpha value is -2.25. The number of rotatable bonds is 4. The van der Waals surface area contributed by atoms with Gasteiger partial charge < -0.3 is 15.2 Å². The minimum Gasteiger partial charge on any atom is -0.504 e. The summed E-state index contributed by atoms with van der Waals surface area (Å²) in [7, 11) is 0. The Bertz CT molecular complexity index is 880. The van der Waals surface area contributed by atoms with Gasteiger partial charge in [-0.2, -0.15) is 0 Å². The summed E-state index contributed by atoms with van der Waals surface area (Å²) in [6.07, 6.45) is 1.74. The van der Waals surface area contributed by atoms with E-state index in [1.165, 1.54) is 11.8 Å². The molecule has 2 N–H and O–H groups in total. The van der Waals surface area contributed by atoms with Crippen LogP contribution in [0.2, 0.25) is 0 Å². The number of amidine groups is 1. The topological polar surface area (TPSA) is 70.9 Å². The van der Waals surface area contributed by atoms with Gasteiger partial charge in [0, 0.05) is 4.47 Å². The highest BCUT2D eigenvalue weighted by atomic mass is 79.9. The molecule has 3 rings (SSSR count). The van der Waals surface area contributed by atoms with Crippen molar-refractivity contribution in [2.24, 2.45) is 4.99 Å². The number of para-hydroxylation sites is 1. The third-order valence-electron chi connectivity index (χ3n) is 3.31. The van der Waals surface area contributed by atoms with Crippen molar-refractivity contribution < 1.29 is 14.6 Å². The second-order valence-corrected chi connectivity index (χ2v) is 6.98. The number of carbonyl (C=O) groups is 1. The van der Waals surface area contributed by atoms with Crippen molar-refractivity contribution in [3.05, 3.63) is 57.4 Å². The molecule has 5 nitrogen and oxygen atoms in total. The van der Waals surface area contributed by atoms with Crippen molar-refractivity contribution >= 4 is 50.5 Å². The molecule has 0 radical (unpaired) electrons. The molecule has 0 aromatic heterocycles. The SMILES string of the molecule is CCOc1cc(/C=C2\SC(=Nc3ccccc3Br)NC2=O)ccc1O. The average molecular weight is 419 g/mol. The Morgan fingerprint density at radius 3 is 2.88 bits per heavy atom. The minimum atomic E-state index is -0.207. The van der Waals surface area contributed by atoms with E-state index in [2.05, 4.69) is 26.2 Å². The van der Waals surface area contributed by atoms with E-state index in [0.29, 0.717) is 22.4 Å². The molecule has 0 saturated carbocycles. The Balaban J connectivity index is 1.84. The molecule has 0 unspecified atom stereocenters. The quantitative estimate of drug-likeness (QED) is 0.719. The lowest BCUT2D eigenvalue weighted by molar-refractivity contribution is -0.115. The highest BCUT2D eigenvalue weighted by Gasteiger charge is 2.24. The van der Waals surface area contributed by atoms with Crippen molar-refractivity contribution in [2.75, 3.05) is 6.61 Å². The van der Waals surface area contributed by atoms with Crippen molar-refractivity contribution in [1.29, 1.82) is 0 Å². The number of ether oxygens (including phenoxy) is 1. The van der Waals surface area contributed by atoms with Crippen LogP contribution in [0.5, 0.6) is 11.5 Å². The summed E-state index contributed by atoms with van der Waals surface area (Å²) in [5, 5.41) is 13.0. The number of hydrogen-bond acceptors (Lipinski definition) is 5. The van der Waals surface area contributed by atoms with E-state index in [1.54, 1.807) is 24.3 Å². The molecule has 1 fully saturated rings. The molecule has 25 heavy (non-hydrogen) atoms. The Morgan fingerprint density at radius 2 is 2.12 bits per heavy atom. The van der Waals surface area contributed by atoms with Crippen LogP contribution in [-0.4, -0.2) is 22.8 Å². The lowest BCUT2D eigenvalue weighted by Crippen LogP contribution is -2.19. The lowest BCUT2D eigenvalue weighted by atomic mass is 10.2. The molecule has 1 amide bonds. The predicted octanol–water partition coefficient (Wildman–Crippen LogP) is 4.45. The van der Waals surface area contributed by atoms with Gasteiger partial charge in [0.1, 0.15) is 0 Å². The minimum absolute atomic E-state index is 0.0729. The van der Waals surface area contributed by atoms with Crippen LogP contribution < -0.4 is 10.1 Å². The van der Waals surface area contributed by atoms with E-state index in [9.17, 15) is 9.90 Å². The summed E-state index contributed by atoms with van der Waals surface area (Å²) in [5.41, 5.74) is 1.51. The van der Waals surface area contributed by atoms with Crippen LogP contribution in [0.3, 0.4) is 0 Å². The first-order valence-corrected chi connectivity index (χ1v) is 9.17. The molecular weight excluding hydrogens is 404 g/mol. The van der Waals surface area contributed by atoms with Crippen molar-refractivity contribution in [1.82, 2.24) is 5.32 Å². The van der Waals surface area contributed by atoms with Gasteiger partial charge in [0.05, 0.1) is 17.2 Å². The first-order valence-electron chi connectivity index (χ1n) is 7.56. The number of phenols is 1. The van der Waals surface area contributed by atoms with E-state index in [0.717, 1.165) is 15.7 Å². The van der Waals surface area contributed by atoms with Gasteiger partial charge in [-0.25, -0.2) is 4.99 Å². The van der Waals surface area contributed by atoms with Gasteiger partial charge in [-0.15, -0.1) is 0 Å². The van der Waals surface area contributed by atoms with E-state index in [-0.39, 0.29) is 11.7 Å². The second-order valence-electron chi connectivity index (χ2n) is 5.09. The fourth-order valence-corrected chi connectivity index (χ4v) is 3.38. The summed E-state index contributed by atoms with van der Waals surface area (Å²) in [5.74, 6) is 0.257. The van der Waals surface area contributed by atoms with Crippen LogP contribution in [0, 0.1) is 0 Å². The molecule has 0 aliphatic carbocycles. The zero-order chi connectivity index (χ0) is 17.8. The average Bonchev–Trinajstić information content (AvgIpc) is 2.92. The van der Waals surface area contributed by atoms with E-state index < -0.39 is 0 Å². The molecule has 1 saturated heterocycles. The number of thioether (sulfide) groups is 1. The number of halogens is 1. The lowest BCUT2D eigenvalue weighted by Gasteiger charge is -2.06. The van der Waals surface area contributed by atoms with Crippen molar-refractivity contribution in [2.45, 2.75) is 6.92 Å². The summed E-state index contributed by atoms with van der Waals surface area (Å²) in [4.78, 5) is 17.2. The summed E-state index contributed by atoms with van der Waals surface area (Å²) < 4.78 is 6.22. The molecule has 0 atom stereocenters. The number of hydrogen-bond donors (Lipinski definition) is 2. The number of amides is 1. The van der Waals surface area contributed by atoms with E-state index in [1.807, 2.05) is 31.2 Å². The van der Waals surface area contributed by atoms with Gasteiger partial charge in [-0.05, 0) is 70.5 Å². The number of nitrogens with one attached hydrogen (secondary N) is 1. The zero-order valence-corrected chi connectivity index (χ0v) is 15.7. The highest BCUT2D eigenvalue weighted by Crippen LogP contribution is 2.32. The number of phenolic OH excluding ortho intramolecular Hbond substituents is 1. The van der Waals surface area contributed by atoms with Gasteiger partial charge in [0.25, 0.3) is 5.91 Å². The standard InChI is InChI=1S/C18H15BrN2O3S/c1-2-24-15-9-11(7-8-14(15)22)10-16-17(23)21-18(25-16)20-13-6-4-3-5-12(13)19/h3-10,22H,2H2,1H3,(H,20,21,23)/b16-10-. The van der Waals surface area contributed by atoms with Gasteiger partial charge in [-0.1, -0.05) is 18.2 Å². The third kappa shape index (κ3) is 4.24. The number of aromatic hydroxyl groups is 1.